The van der Waals surface area contributed by atoms with Gasteiger partial charge in [0.25, 0.3) is 11.7 Å². The monoisotopic (exact) mass is 401 g/mol. The second-order valence-electron chi connectivity index (χ2n) is 6.54. The average Bonchev–Trinajstić information content (AvgIpc) is 3.30. The van der Waals surface area contributed by atoms with Crippen LogP contribution in [0.2, 0.25) is 0 Å². The van der Waals surface area contributed by atoms with Crippen LogP contribution >= 0.6 is 11.3 Å². The molecule has 28 heavy (non-hydrogen) atoms. The van der Waals surface area contributed by atoms with Crippen molar-refractivity contribution in [1.82, 2.24) is 4.90 Å². The molecule has 1 atom stereocenters. The molecular formula is C21H23NO5S. The molecule has 0 unspecified atom stereocenters. The van der Waals surface area contributed by atoms with Crippen LogP contribution in [-0.4, -0.2) is 49.1 Å². The Morgan fingerprint density at radius 2 is 2.04 bits per heavy atom. The van der Waals surface area contributed by atoms with Crippen molar-refractivity contribution in [2.24, 2.45) is 0 Å². The highest BCUT2D eigenvalue weighted by molar-refractivity contribution is 7.10. The molecule has 3 rings (SSSR count). The predicted octanol–water partition coefficient (Wildman–Crippen LogP) is 3.52. The van der Waals surface area contributed by atoms with Gasteiger partial charge in [0.2, 0.25) is 0 Å². The molecule has 1 aliphatic heterocycles. The summed E-state index contributed by atoms with van der Waals surface area (Å²) < 4.78 is 10.3. The van der Waals surface area contributed by atoms with Gasteiger partial charge in [-0.25, -0.2) is 0 Å². The van der Waals surface area contributed by atoms with E-state index in [1.165, 1.54) is 16.2 Å². The lowest BCUT2D eigenvalue weighted by Crippen LogP contribution is -2.31. The van der Waals surface area contributed by atoms with Gasteiger partial charge in [-0.2, -0.15) is 0 Å². The first-order valence-corrected chi connectivity index (χ1v) is 9.83. The molecule has 1 aromatic heterocycles. The molecule has 0 saturated carbocycles. The normalized spacial score (nSPS) is 18.7. The first-order valence-electron chi connectivity index (χ1n) is 8.95. The van der Waals surface area contributed by atoms with Crippen LogP contribution in [-0.2, 0) is 14.3 Å². The number of hydrogen-bond acceptors (Lipinski definition) is 6. The van der Waals surface area contributed by atoms with Crippen LogP contribution in [0, 0.1) is 6.92 Å². The van der Waals surface area contributed by atoms with Crippen molar-refractivity contribution in [3.05, 3.63) is 57.3 Å². The number of ether oxygens (including phenoxy) is 2. The van der Waals surface area contributed by atoms with E-state index in [2.05, 4.69) is 0 Å². The zero-order valence-electron chi connectivity index (χ0n) is 16.1. The second-order valence-corrected chi connectivity index (χ2v) is 7.51. The first kappa shape index (κ1) is 20.1. The fraction of sp³-hybridized carbons (Fsp3) is 0.333. The third-order valence-corrected chi connectivity index (χ3v) is 5.71. The Bertz CT molecular complexity index is 904. The lowest BCUT2D eigenvalue weighted by Gasteiger charge is -2.24. The lowest BCUT2D eigenvalue weighted by molar-refractivity contribution is -0.140. The van der Waals surface area contributed by atoms with E-state index in [9.17, 15) is 14.7 Å². The Kier molecular flexibility index (Phi) is 6.16. The molecule has 148 valence electrons. The number of rotatable bonds is 7. The topological polar surface area (TPSA) is 76.1 Å². The molecule has 1 aliphatic rings. The van der Waals surface area contributed by atoms with Crippen LogP contribution in [0.3, 0.4) is 0 Å². The number of ketones is 1. The van der Waals surface area contributed by atoms with Gasteiger partial charge in [0.15, 0.2) is 0 Å². The molecular weight excluding hydrogens is 378 g/mol. The van der Waals surface area contributed by atoms with Gasteiger partial charge < -0.3 is 19.5 Å². The third kappa shape index (κ3) is 3.68. The molecule has 0 bridgehead atoms. The molecule has 7 heteroatoms. The molecule has 6 nitrogen and oxygen atoms in total. The van der Waals surface area contributed by atoms with E-state index in [-0.39, 0.29) is 11.3 Å². The van der Waals surface area contributed by atoms with Gasteiger partial charge in [0, 0.05) is 30.7 Å². The second kappa shape index (κ2) is 8.58. The van der Waals surface area contributed by atoms with E-state index in [0.29, 0.717) is 30.9 Å². The average molecular weight is 401 g/mol. The maximum Gasteiger partial charge on any atom is 0.295 e. The van der Waals surface area contributed by atoms with Crippen molar-refractivity contribution in [2.75, 3.05) is 27.4 Å². The van der Waals surface area contributed by atoms with Crippen molar-refractivity contribution in [1.29, 1.82) is 0 Å². The number of Topliss-reactive ketones (excluding diaryl/α,β-unsaturated/α-hetero) is 1. The van der Waals surface area contributed by atoms with E-state index in [4.69, 9.17) is 9.47 Å². The zero-order valence-corrected chi connectivity index (χ0v) is 16.9. The summed E-state index contributed by atoms with van der Waals surface area (Å²) in [5.74, 6) is -0.763. The zero-order chi connectivity index (χ0) is 20.3. The van der Waals surface area contributed by atoms with Gasteiger partial charge in [-0.05, 0) is 48.6 Å². The highest BCUT2D eigenvalue weighted by Crippen LogP contribution is 2.41. The predicted molar refractivity (Wildman–Crippen MR) is 108 cm³/mol. The van der Waals surface area contributed by atoms with Crippen molar-refractivity contribution >= 4 is 28.8 Å². The number of likely N-dealkylation sites (tertiary alicyclic amines) is 1. The number of amides is 1. The van der Waals surface area contributed by atoms with Crippen molar-refractivity contribution in [3.63, 3.8) is 0 Å². The Morgan fingerprint density at radius 3 is 2.64 bits per heavy atom. The Balaban J connectivity index is 2.09. The number of carbonyl (C=O) groups is 2. The third-order valence-electron chi connectivity index (χ3n) is 4.79. The van der Waals surface area contributed by atoms with Crippen molar-refractivity contribution in [2.45, 2.75) is 19.4 Å². The van der Waals surface area contributed by atoms with E-state index in [0.717, 1.165) is 10.4 Å². The SMILES string of the molecule is COCCCN1C(=O)C(=O)/C(=C(/O)c2ccc(OC)cc2C)[C@H]1c1cccs1. The number of aryl methyl sites for hydroxylation is 1. The summed E-state index contributed by atoms with van der Waals surface area (Å²) in [6, 6.07) is 8.35. The maximum absolute atomic E-state index is 12.8. The fourth-order valence-electron chi connectivity index (χ4n) is 3.41. The molecule has 1 aromatic carbocycles. The van der Waals surface area contributed by atoms with Crippen LogP contribution < -0.4 is 4.74 Å². The van der Waals surface area contributed by atoms with E-state index >= 15 is 0 Å². The van der Waals surface area contributed by atoms with Crippen LogP contribution in [0.4, 0.5) is 0 Å². The molecule has 0 aliphatic carbocycles. The summed E-state index contributed by atoms with van der Waals surface area (Å²) in [6.07, 6.45) is 0.604. The molecule has 1 amide bonds. The summed E-state index contributed by atoms with van der Waals surface area (Å²) in [4.78, 5) is 27.9. The number of benzene rings is 1. The maximum atomic E-state index is 12.8. The summed E-state index contributed by atoms with van der Waals surface area (Å²) in [5, 5.41) is 12.9. The van der Waals surface area contributed by atoms with Crippen LogP contribution in [0.1, 0.15) is 28.5 Å². The van der Waals surface area contributed by atoms with Gasteiger partial charge in [0.1, 0.15) is 11.5 Å². The molecule has 1 fully saturated rings. The molecule has 2 heterocycles. The number of aliphatic hydroxyl groups is 1. The Hall–Kier alpha value is -2.64. The minimum Gasteiger partial charge on any atom is -0.507 e. The highest BCUT2D eigenvalue weighted by Gasteiger charge is 2.46. The minimum absolute atomic E-state index is 0.123. The Morgan fingerprint density at radius 1 is 1.25 bits per heavy atom. The fourth-order valence-corrected chi connectivity index (χ4v) is 4.25. The highest BCUT2D eigenvalue weighted by atomic mass is 32.1. The summed E-state index contributed by atoms with van der Waals surface area (Å²) >= 11 is 1.45. The smallest absolute Gasteiger partial charge is 0.295 e. The molecule has 0 radical (unpaired) electrons. The number of nitrogens with zero attached hydrogens (tertiary/aromatic N) is 1. The van der Waals surface area contributed by atoms with E-state index in [1.807, 2.05) is 24.4 Å². The van der Waals surface area contributed by atoms with Gasteiger partial charge in [-0.3, -0.25) is 9.59 Å². The molecule has 1 N–H and O–H groups in total. The van der Waals surface area contributed by atoms with Crippen LogP contribution in [0.5, 0.6) is 5.75 Å². The summed E-state index contributed by atoms with van der Waals surface area (Å²) in [6.45, 7) is 2.68. The quantitative estimate of drug-likeness (QED) is 0.332. The number of thiophene rings is 1. The standard InChI is InChI=1S/C21H23NO5S/c1-13-12-14(27-3)7-8-15(13)19(23)17-18(16-6-4-11-28-16)22(9-5-10-26-2)21(25)20(17)24/h4,6-8,11-12,18,23H,5,9-10H2,1-3H3/b19-17+/t18-/m1/s1. The van der Waals surface area contributed by atoms with Crippen LogP contribution in [0.15, 0.2) is 41.3 Å². The minimum atomic E-state index is -0.663. The summed E-state index contributed by atoms with van der Waals surface area (Å²) in [5.41, 5.74) is 1.39. The lowest BCUT2D eigenvalue weighted by atomic mass is 9.97. The van der Waals surface area contributed by atoms with E-state index < -0.39 is 17.7 Å². The van der Waals surface area contributed by atoms with Crippen molar-refractivity contribution < 1.29 is 24.2 Å². The number of methoxy groups -OCH3 is 2. The van der Waals surface area contributed by atoms with Gasteiger partial charge >= 0.3 is 0 Å². The molecule has 0 spiro atoms. The molecule has 1 saturated heterocycles. The number of carbonyl (C=O) groups excluding carboxylic acids is 2. The van der Waals surface area contributed by atoms with Gasteiger partial charge in [0.05, 0.1) is 18.7 Å². The summed E-state index contributed by atoms with van der Waals surface area (Å²) in [7, 11) is 3.16. The largest absolute Gasteiger partial charge is 0.507 e. The van der Waals surface area contributed by atoms with E-state index in [1.54, 1.807) is 32.4 Å². The number of hydrogen-bond donors (Lipinski definition) is 1. The van der Waals surface area contributed by atoms with Crippen LogP contribution in [0.25, 0.3) is 5.76 Å². The number of aliphatic hydroxyl groups excluding tert-OH is 1. The van der Waals surface area contributed by atoms with Gasteiger partial charge in [-0.15, -0.1) is 11.3 Å². The van der Waals surface area contributed by atoms with Crippen molar-refractivity contribution in [3.8, 4) is 5.75 Å². The first-order chi connectivity index (χ1) is 13.5. The Labute approximate surface area is 168 Å². The van der Waals surface area contributed by atoms with Gasteiger partial charge in [-0.1, -0.05) is 6.07 Å². The molecule has 2 aromatic rings.